The van der Waals surface area contributed by atoms with Crippen molar-refractivity contribution in [2.75, 3.05) is 31.6 Å². The van der Waals surface area contributed by atoms with Crippen LogP contribution in [-0.2, 0) is 11.3 Å². The van der Waals surface area contributed by atoms with Crippen molar-refractivity contribution in [2.45, 2.75) is 32.9 Å². The minimum Gasteiger partial charge on any atom is -0.385 e. The molecule has 2 rings (SSSR count). The number of rotatable bonds is 5. The van der Waals surface area contributed by atoms with Crippen LogP contribution in [0.3, 0.4) is 0 Å². The SMILES string of the molecule is CCNc1ccc([N+](=O)[O-])cc1CN1CCOCC1(C)C. The fourth-order valence-electron chi connectivity index (χ4n) is 2.58. The number of non-ortho nitro benzene ring substituents is 1. The summed E-state index contributed by atoms with van der Waals surface area (Å²) in [5.74, 6) is 0. The molecule has 1 saturated heterocycles. The van der Waals surface area contributed by atoms with E-state index in [1.807, 2.05) is 6.92 Å². The lowest BCUT2D eigenvalue weighted by molar-refractivity contribution is -0.384. The molecule has 1 aromatic rings. The van der Waals surface area contributed by atoms with Crippen molar-refractivity contribution in [3.8, 4) is 0 Å². The molecule has 1 aliphatic heterocycles. The highest BCUT2D eigenvalue weighted by molar-refractivity contribution is 5.56. The number of benzene rings is 1. The third kappa shape index (κ3) is 3.71. The standard InChI is InChI=1S/C15H23N3O3/c1-4-16-14-6-5-13(18(19)20)9-12(14)10-17-7-8-21-11-15(17,2)3/h5-6,9,16H,4,7-8,10-11H2,1-3H3. The Hall–Kier alpha value is -1.66. The van der Waals surface area contributed by atoms with Crippen LogP contribution < -0.4 is 5.32 Å². The summed E-state index contributed by atoms with van der Waals surface area (Å²) in [6, 6.07) is 5.01. The fraction of sp³-hybridized carbons (Fsp3) is 0.600. The highest BCUT2D eigenvalue weighted by atomic mass is 16.6. The molecule has 0 unspecified atom stereocenters. The van der Waals surface area contributed by atoms with Gasteiger partial charge in [-0.1, -0.05) is 0 Å². The number of morpholine rings is 1. The molecule has 0 aromatic heterocycles. The van der Waals surface area contributed by atoms with Gasteiger partial charge in [0, 0.05) is 43.0 Å². The van der Waals surface area contributed by atoms with Gasteiger partial charge < -0.3 is 10.1 Å². The number of nitro groups is 1. The molecule has 1 aliphatic rings. The number of ether oxygens (including phenoxy) is 1. The Morgan fingerprint density at radius 2 is 2.24 bits per heavy atom. The number of nitrogens with zero attached hydrogens (tertiary/aromatic N) is 2. The maximum atomic E-state index is 11.0. The van der Waals surface area contributed by atoms with E-state index in [0.29, 0.717) is 19.8 Å². The highest BCUT2D eigenvalue weighted by Gasteiger charge is 2.31. The average Bonchev–Trinajstić information content (AvgIpc) is 2.43. The Balaban J connectivity index is 2.27. The first-order valence-corrected chi connectivity index (χ1v) is 7.28. The smallest absolute Gasteiger partial charge is 0.269 e. The van der Waals surface area contributed by atoms with Gasteiger partial charge in [0.05, 0.1) is 18.1 Å². The van der Waals surface area contributed by atoms with Crippen LogP contribution in [0.4, 0.5) is 11.4 Å². The summed E-state index contributed by atoms with van der Waals surface area (Å²) < 4.78 is 5.53. The van der Waals surface area contributed by atoms with E-state index in [0.717, 1.165) is 24.3 Å². The van der Waals surface area contributed by atoms with Crippen molar-refractivity contribution in [1.82, 2.24) is 4.90 Å². The van der Waals surface area contributed by atoms with Gasteiger partial charge in [0.1, 0.15) is 0 Å². The summed E-state index contributed by atoms with van der Waals surface area (Å²) in [5, 5.41) is 14.3. The number of anilines is 1. The summed E-state index contributed by atoms with van der Waals surface area (Å²) in [5.41, 5.74) is 2.00. The summed E-state index contributed by atoms with van der Waals surface area (Å²) in [6.45, 7) is 9.98. The van der Waals surface area contributed by atoms with E-state index in [2.05, 4.69) is 24.1 Å². The van der Waals surface area contributed by atoms with Gasteiger partial charge in [0.2, 0.25) is 0 Å². The summed E-state index contributed by atoms with van der Waals surface area (Å²) in [6.07, 6.45) is 0. The predicted octanol–water partition coefficient (Wildman–Crippen LogP) is 2.64. The molecule has 6 nitrogen and oxygen atoms in total. The van der Waals surface area contributed by atoms with Crippen molar-refractivity contribution in [3.05, 3.63) is 33.9 Å². The molecule has 6 heteroatoms. The van der Waals surface area contributed by atoms with Crippen molar-refractivity contribution in [2.24, 2.45) is 0 Å². The van der Waals surface area contributed by atoms with E-state index < -0.39 is 0 Å². The molecule has 1 fully saturated rings. The molecule has 0 saturated carbocycles. The average molecular weight is 293 g/mol. The van der Waals surface area contributed by atoms with Crippen LogP contribution in [0.1, 0.15) is 26.3 Å². The number of hydrogen-bond acceptors (Lipinski definition) is 5. The zero-order valence-electron chi connectivity index (χ0n) is 12.9. The number of nitrogens with one attached hydrogen (secondary N) is 1. The second-order valence-electron chi connectivity index (χ2n) is 5.92. The lowest BCUT2D eigenvalue weighted by Gasteiger charge is -2.42. The molecule has 0 aliphatic carbocycles. The van der Waals surface area contributed by atoms with Gasteiger partial charge >= 0.3 is 0 Å². The Kier molecular flexibility index (Phi) is 4.80. The van der Waals surface area contributed by atoms with Crippen LogP contribution in [0.15, 0.2) is 18.2 Å². The van der Waals surface area contributed by atoms with Crippen molar-refractivity contribution in [3.63, 3.8) is 0 Å². The number of hydrogen-bond donors (Lipinski definition) is 1. The Morgan fingerprint density at radius 3 is 2.86 bits per heavy atom. The third-order valence-electron chi connectivity index (χ3n) is 3.84. The molecule has 116 valence electrons. The van der Waals surface area contributed by atoms with Gasteiger partial charge in [-0.3, -0.25) is 15.0 Å². The maximum absolute atomic E-state index is 11.0. The van der Waals surface area contributed by atoms with Gasteiger partial charge in [-0.15, -0.1) is 0 Å². The van der Waals surface area contributed by atoms with Gasteiger partial charge in [-0.2, -0.15) is 0 Å². The number of nitro benzene ring substituents is 1. The van der Waals surface area contributed by atoms with E-state index in [-0.39, 0.29) is 16.1 Å². The zero-order chi connectivity index (χ0) is 15.5. The first-order valence-electron chi connectivity index (χ1n) is 7.28. The largest absolute Gasteiger partial charge is 0.385 e. The molecule has 1 aromatic carbocycles. The zero-order valence-corrected chi connectivity index (χ0v) is 12.9. The minimum atomic E-state index is -0.344. The van der Waals surface area contributed by atoms with Gasteiger partial charge in [-0.25, -0.2) is 0 Å². The molecule has 0 amide bonds. The maximum Gasteiger partial charge on any atom is 0.269 e. The minimum absolute atomic E-state index is 0.0631. The van der Waals surface area contributed by atoms with Crippen LogP contribution in [0, 0.1) is 10.1 Å². The third-order valence-corrected chi connectivity index (χ3v) is 3.84. The Labute approximate surface area is 125 Å². The van der Waals surface area contributed by atoms with Crippen LogP contribution in [-0.4, -0.2) is 41.7 Å². The molecule has 0 radical (unpaired) electrons. The molecule has 21 heavy (non-hydrogen) atoms. The summed E-state index contributed by atoms with van der Waals surface area (Å²) in [4.78, 5) is 13.0. The quantitative estimate of drug-likeness (QED) is 0.667. The summed E-state index contributed by atoms with van der Waals surface area (Å²) in [7, 11) is 0. The second-order valence-corrected chi connectivity index (χ2v) is 5.92. The molecular formula is C15H23N3O3. The van der Waals surface area contributed by atoms with E-state index in [1.54, 1.807) is 18.2 Å². The molecule has 1 heterocycles. The lowest BCUT2D eigenvalue weighted by atomic mass is 10.0. The Morgan fingerprint density at radius 1 is 1.48 bits per heavy atom. The van der Waals surface area contributed by atoms with E-state index >= 15 is 0 Å². The van der Waals surface area contributed by atoms with Crippen LogP contribution in [0.25, 0.3) is 0 Å². The van der Waals surface area contributed by atoms with Crippen LogP contribution in [0.5, 0.6) is 0 Å². The highest BCUT2D eigenvalue weighted by Crippen LogP contribution is 2.27. The monoisotopic (exact) mass is 293 g/mol. The normalized spacial score (nSPS) is 18.4. The fourth-order valence-corrected chi connectivity index (χ4v) is 2.58. The first-order chi connectivity index (χ1) is 9.94. The molecule has 0 atom stereocenters. The van der Waals surface area contributed by atoms with Crippen molar-refractivity contribution in [1.29, 1.82) is 0 Å². The topological polar surface area (TPSA) is 67.6 Å². The van der Waals surface area contributed by atoms with Crippen molar-refractivity contribution >= 4 is 11.4 Å². The van der Waals surface area contributed by atoms with Crippen LogP contribution >= 0.6 is 0 Å². The van der Waals surface area contributed by atoms with Crippen molar-refractivity contribution < 1.29 is 9.66 Å². The van der Waals surface area contributed by atoms with E-state index in [9.17, 15) is 10.1 Å². The predicted molar refractivity (Wildman–Crippen MR) is 82.6 cm³/mol. The first kappa shape index (κ1) is 15.7. The summed E-state index contributed by atoms with van der Waals surface area (Å²) >= 11 is 0. The lowest BCUT2D eigenvalue weighted by Crippen LogP contribution is -2.52. The second kappa shape index (κ2) is 6.41. The van der Waals surface area contributed by atoms with Crippen LogP contribution in [0.2, 0.25) is 0 Å². The molecule has 0 spiro atoms. The molecule has 0 bridgehead atoms. The van der Waals surface area contributed by atoms with E-state index in [1.165, 1.54) is 0 Å². The van der Waals surface area contributed by atoms with Gasteiger partial charge in [0.15, 0.2) is 0 Å². The molecular weight excluding hydrogens is 270 g/mol. The Bertz CT molecular complexity index is 517. The van der Waals surface area contributed by atoms with E-state index in [4.69, 9.17) is 4.74 Å². The molecule has 1 N–H and O–H groups in total. The van der Waals surface area contributed by atoms with Gasteiger partial charge in [0.25, 0.3) is 5.69 Å². The van der Waals surface area contributed by atoms with Gasteiger partial charge in [-0.05, 0) is 32.4 Å².